The normalized spacial score (nSPS) is 19.7. The highest BCUT2D eigenvalue weighted by Crippen LogP contribution is 1.93. The van der Waals surface area contributed by atoms with E-state index < -0.39 is 0 Å². The van der Waals surface area contributed by atoms with Crippen molar-refractivity contribution >= 4 is 12.4 Å². The summed E-state index contributed by atoms with van der Waals surface area (Å²) in [6.07, 6.45) is 5.13. The predicted molar refractivity (Wildman–Crippen MR) is 26.2 cm³/mol. The van der Waals surface area contributed by atoms with E-state index in [1.807, 2.05) is 6.20 Å². The predicted octanol–water partition coefficient (Wildman–Crippen LogP) is 0.647. The van der Waals surface area contributed by atoms with Gasteiger partial charge in [0.05, 0.1) is 0 Å². The monoisotopic (exact) mass is 100 g/mol. The summed E-state index contributed by atoms with van der Waals surface area (Å²) < 4.78 is 1.76. The van der Waals surface area contributed by atoms with Gasteiger partial charge in [0.25, 0.3) is 12.4 Å². The third kappa shape index (κ3) is 0.627. The summed E-state index contributed by atoms with van der Waals surface area (Å²) in [7, 11) is 0. The lowest BCUT2D eigenvalue weighted by molar-refractivity contribution is -0.413. The van der Waals surface area contributed by atoms with E-state index >= 15 is 0 Å². The van der Waals surface area contributed by atoms with Gasteiger partial charge in [0, 0.05) is 6.42 Å². The quantitative estimate of drug-likeness (QED) is 0.404. The van der Waals surface area contributed by atoms with E-state index in [0.717, 1.165) is 13.0 Å². The second kappa shape index (κ2) is 1.47. The van der Waals surface area contributed by atoms with E-state index in [4.69, 9.17) is 12.4 Å². The highest BCUT2D eigenvalue weighted by molar-refractivity contribution is 7.44. The van der Waals surface area contributed by atoms with Crippen LogP contribution in [-0.2, 0) is 12.4 Å². The molecule has 0 N–H and O–H groups in total. The third-order valence-electron chi connectivity index (χ3n) is 0.788. The molecule has 1 aliphatic heterocycles. The molecule has 0 aliphatic carbocycles. The van der Waals surface area contributed by atoms with Crippen molar-refractivity contribution in [2.24, 2.45) is 0 Å². The van der Waals surface area contributed by atoms with Gasteiger partial charge >= 0.3 is 0 Å². The molecule has 1 aliphatic rings. The van der Waals surface area contributed by atoms with Crippen LogP contribution in [0.4, 0.5) is 0 Å². The van der Waals surface area contributed by atoms with Crippen molar-refractivity contribution in [1.29, 1.82) is 0 Å². The fourth-order valence-corrected chi connectivity index (χ4v) is 0.660. The molecule has 1 nitrogen and oxygen atoms in total. The van der Waals surface area contributed by atoms with Gasteiger partial charge in [0.1, 0.15) is 0 Å². The molecule has 0 aromatic carbocycles. The number of hydrogen-bond acceptors (Lipinski definition) is 1. The Hall–Kier alpha value is -0.240. The van der Waals surface area contributed by atoms with Crippen molar-refractivity contribution in [3.05, 3.63) is 12.3 Å². The Morgan fingerprint density at radius 3 is 2.67 bits per heavy atom. The minimum atomic E-state index is 1.02. The largest absolute Gasteiger partial charge is 0.269 e. The Labute approximate surface area is 42.4 Å². The molecule has 1 rings (SSSR count). The van der Waals surface area contributed by atoms with Crippen molar-refractivity contribution < 1.29 is 3.95 Å². The Morgan fingerprint density at radius 1 is 1.67 bits per heavy atom. The highest BCUT2D eigenvalue weighted by Gasteiger charge is 2.01. The Morgan fingerprint density at radius 2 is 2.50 bits per heavy atom. The lowest BCUT2D eigenvalue weighted by Gasteiger charge is -1.70. The van der Waals surface area contributed by atoms with Gasteiger partial charge in [0.15, 0.2) is 12.7 Å². The first-order chi connectivity index (χ1) is 2.89. The molecule has 32 valence electrons. The van der Waals surface area contributed by atoms with Crippen LogP contribution < -0.4 is 0 Å². The van der Waals surface area contributed by atoms with Gasteiger partial charge in [-0.25, -0.2) is 0 Å². The van der Waals surface area contributed by atoms with E-state index in [2.05, 4.69) is 6.08 Å². The standard InChI is InChI=1S/C4H6NS/c6-5-3-1-2-4-5/h1,3H,2,4H2/q+1. The molecular formula is C4H6NS+. The van der Waals surface area contributed by atoms with Gasteiger partial charge < -0.3 is 0 Å². The van der Waals surface area contributed by atoms with Crippen LogP contribution in [0.25, 0.3) is 0 Å². The average molecular weight is 100 g/mol. The van der Waals surface area contributed by atoms with Crippen molar-refractivity contribution in [3.63, 3.8) is 0 Å². The minimum Gasteiger partial charge on any atom is -0.127 e. The summed E-state index contributed by atoms with van der Waals surface area (Å²) >= 11 is 4.75. The fraction of sp³-hybridized carbons (Fsp3) is 0.500. The van der Waals surface area contributed by atoms with Crippen LogP contribution in [0.5, 0.6) is 0 Å². The molecule has 0 saturated heterocycles. The Bertz CT molecular complexity index is 95.7. The molecular weight excluding hydrogens is 94.1 g/mol. The summed E-state index contributed by atoms with van der Waals surface area (Å²) in [5.74, 6) is 0. The summed E-state index contributed by atoms with van der Waals surface area (Å²) in [6, 6.07) is 0. The van der Waals surface area contributed by atoms with Crippen LogP contribution in [0.2, 0.25) is 0 Å². The second-order valence-corrected chi connectivity index (χ2v) is 1.78. The maximum Gasteiger partial charge on any atom is 0.269 e. The fourth-order valence-electron chi connectivity index (χ4n) is 0.468. The molecule has 1 heterocycles. The van der Waals surface area contributed by atoms with Crippen LogP contribution in [0.1, 0.15) is 6.42 Å². The van der Waals surface area contributed by atoms with E-state index in [9.17, 15) is 0 Å². The van der Waals surface area contributed by atoms with E-state index in [1.54, 1.807) is 3.95 Å². The van der Waals surface area contributed by atoms with Gasteiger partial charge in [-0.15, -0.1) is 3.95 Å². The lowest BCUT2D eigenvalue weighted by Crippen LogP contribution is -1.91. The third-order valence-corrected chi connectivity index (χ3v) is 1.09. The Kier molecular flexibility index (Phi) is 0.965. The van der Waals surface area contributed by atoms with Crippen LogP contribution in [0.15, 0.2) is 12.3 Å². The SMILES string of the molecule is S=[N+]1C=CCC1. The molecule has 0 atom stereocenters. The van der Waals surface area contributed by atoms with Gasteiger partial charge in [-0.2, -0.15) is 0 Å². The summed E-state index contributed by atoms with van der Waals surface area (Å²) in [4.78, 5) is 0. The molecule has 0 radical (unpaired) electrons. The van der Waals surface area contributed by atoms with Gasteiger partial charge in [-0.1, -0.05) is 0 Å². The molecule has 0 spiro atoms. The molecule has 0 fully saturated rings. The van der Waals surface area contributed by atoms with Crippen molar-refractivity contribution in [1.82, 2.24) is 0 Å². The molecule has 0 saturated carbocycles. The topological polar surface area (TPSA) is 3.01 Å². The van der Waals surface area contributed by atoms with Gasteiger partial charge in [-0.3, -0.25) is 0 Å². The molecule has 0 bridgehead atoms. The number of rotatable bonds is 0. The number of hydrogen-bond donors (Lipinski definition) is 0. The summed E-state index contributed by atoms with van der Waals surface area (Å²) in [5.41, 5.74) is 0. The van der Waals surface area contributed by atoms with E-state index in [1.165, 1.54) is 0 Å². The number of nitrogens with zero attached hydrogens (tertiary/aromatic N) is 1. The van der Waals surface area contributed by atoms with Crippen LogP contribution in [-0.4, -0.2) is 10.5 Å². The molecule has 0 aromatic rings. The zero-order chi connectivity index (χ0) is 4.41. The average Bonchev–Trinajstić information content (AvgIpc) is 1.86. The highest BCUT2D eigenvalue weighted by atomic mass is 32.1. The smallest absolute Gasteiger partial charge is 0.127 e. The van der Waals surface area contributed by atoms with Crippen molar-refractivity contribution in [2.45, 2.75) is 6.42 Å². The maximum absolute atomic E-state index is 4.75. The van der Waals surface area contributed by atoms with Crippen LogP contribution in [0.3, 0.4) is 0 Å². The maximum atomic E-state index is 4.75. The van der Waals surface area contributed by atoms with Gasteiger partial charge in [0.2, 0.25) is 0 Å². The molecule has 6 heavy (non-hydrogen) atoms. The minimum absolute atomic E-state index is 1.02. The zero-order valence-corrected chi connectivity index (χ0v) is 4.24. The second-order valence-electron chi connectivity index (χ2n) is 1.31. The zero-order valence-electron chi connectivity index (χ0n) is 3.42. The van der Waals surface area contributed by atoms with Crippen LogP contribution >= 0.6 is 0 Å². The Balaban J connectivity index is 2.59. The first kappa shape index (κ1) is 3.93. The summed E-state index contributed by atoms with van der Waals surface area (Å²) in [6.45, 7) is 1.02. The van der Waals surface area contributed by atoms with Crippen molar-refractivity contribution in [2.75, 3.05) is 6.54 Å². The first-order valence-electron chi connectivity index (χ1n) is 2.00. The molecule has 2 heteroatoms. The lowest BCUT2D eigenvalue weighted by atomic mass is 10.5. The van der Waals surface area contributed by atoms with E-state index in [-0.39, 0.29) is 0 Å². The van der Waals surface area contributed by atoms with Crippen LogP contribution in [0, 0.1) is 0 Å². The molecule has 0 amide bonds. The molecule has 0 unspecified atom stereocenters. The van der Waals surface area contributed by atoms with Crippen molar-refractivity contribution in [3.8, 4) is 0 Å². The molecule has 0 aromatic heterocycles. The first-order valence-corrected chi connectivity index (χ1v) is 2.36. The summed E-state index contributed by atoms with van der Waals surface area (Å²) in [5, 5.41) is 0. The van der Waals surface area contributed by atoms with E-state index in [0.29, 0.717) is 0 Å². The van der Waals surface area contributed by atoms with Gasteiger partial charge in [-0.05, 0) is 6.08 Å².